The van der Waals surface area contributed by atoms with Crippen LogP contribution in [0.15, 0.2) is 18.5 Å². The third-order valence-corrected chi connectivity index (χ3v) is 6.29. The first-order chi connectivity index (χ1) is 20.2. The van der Waals surface area contributed by atoms with Crippen molar-refractivity contribution in [2.75, 3.05) is 31.6 Å². The van der Waals surface area contributed by atoms with Crippen molar-refractivity contribution in [1.82, 2.24) is 30.2 Å². The van der Waals surface area contributed by atoms with Gasteiger partial charge in [-0.3, -0.25) is 19.1 Å². The molecule has 1 amide bonds. The molecule has 0 atom stereocenters. The Balaban J connectivity index is 1.96. The van der Waals surface area contributed by atoms with Gasteiger partial charge in [0.2, 0.25) is 11.8 Å². The van der Waals surface area contributed by atoms with Crippen molar-refractivity contribution < 1.29 is 53.8 Å². The molecule has 3 heterocycles. The van der Waals surface area contributed by atoms with Gasteiger partial charge in [0.1, 0.15) is 23.5 Å². The minimum Gasteiger partial charge on any atom is -0.476 e. The Kier molecular flexibility index (Phi) is 10.2. The van der Waals surface area contributed by atoms with E-state index in [1.807, 2.05) is 0 Å². The molecule has 0 aromatic carbocycles. The monoisotopic (exact) mass is 683 g/mol. The first-order valence-corrected chi connectivity index (χ1v) is 12.7. The van der Waals surface area contributed by atoms with E-state index in [1.165, 1.54) is 36.2 Å². The first kappa shape index (κ1) is 34.9. The smallest absolute Gasteiger partial charge is 0.460 e. The van der Waals surface area contributed by atoms with Crippen LogP contribution in [-0.2, 0) is 11.8 Å². The number of pyridine rings is 2. The second-order valence-electron chi connectivity index (χ2n) is 9.04. The van der Waals surface area contributed by atoms with Crippen LogP contribution in [-0.4, -0.2) is 81.4 Å². The van der Waals surface area contributed by atoms with Gasteiger partial charge in [-0.2, -0.15) is 44.5 Å². The van der Waals surface area contributed by atoms with Gasteiger partial charge >= 0.3 is 23.9 Å². The summed E-state index contributed by atoms with van der Waals surface area (Å²) in [4.78, 5) is 36.0. The molecular weight excluding hydrogens is 664 g/mol. The molecule has 44 heavy (non-hydrogen) atoms. The molecule has 0 aliphatic carbocycles. The molecule has 242 valence electrons. The summed E-state index contributed by atoms with van der Waals surface area (Å²) >= 11 is 12.2. The molecule has 0 aliphatic heterocycles. The zero-order valence-electron chi connectivity index (χ0n) is 22.2. The number of carbonyl (C=O) groups excluding carboxylic acids is 2. The van der Waals surface area contributed by atoms with Crippen LogP contribution in [0.5, 0.6) is 5.88 Å². The number of imidazole rings is 1. The molecule has 0 fully saturated rings. The van der Waals surface area contributed by atoms with Crippen molar-refractivity contribution in [3.63, 3.8) is 0 Å². The highest BCUT2D eigenvalue weighted by molar-refractivity contribution is 6.39. The summed E-state index contributed by atoms with van der Waals surface area (Å²) in [6.07, 6.45) is -4.50. The van der Waals surface area contributed by atoms with Crippen LogP contribution in [0, 0.1) is 0 Å². The van der Waals surface area contributed by atoms with Crippen molar-refractivity contribution in [1.29, 1.82) is 0 Å². The number of amides is 1. The van der Waals surface area contributed by atoms with Crippen LogP contribution < -0.4 is 20.7 Å². The Morgan fingerprint density at radius 2 is 1.59 bits per heavy atom. The lowest BCUT2D eigenvalue weighted by atomic mass is 10.0. The molecule has 21 heteroatoms. The van der Waals surface area contributed by atoms with Gasteiger partial charge in [0.25, 0.3) is 5.91 Å². The van der Waals surface area contributed by atoms with Crippen LogP contribution in [0.3, 0.4) is 0 Å². The number of nitrogens with one attached hydrogen (secondary N) is 3. The van der Waals surface area contributed by atoms with Crippen LogP contribution in [0.25, 0.3) is 11.2 Å². The molecule has 10 nitrogen and oxygen atoms in total. The minimum atomic E-state index is -7.13. The second-order valence-corrected chi connectivity index (χ2v) is 9.86. The van der Waals surface area contributed by atoms with E-state index in [1.54, 1.807) is 0 Å². The molecule has 0 radical (unpaired) electrons. The van der Waals surface area contributed by atoms with E-state index in [0.717, 1.165) is 6.07 Å². The largest absolute Gasteiger partial charge is 0.476 e. The van der Waals surface area contributed by atoms with E-state index in [9.17, 15) is 49.1 Å². The summed E-state index contributed by atoms with van der Waals surface area (Å²) in [7, 11) is 1.44. The zero-order valence-corrected chi connectivity index (χ0v) is 23.7. The normalized spacial score (nSPS) is 12.8. The lowest BCUT2D eigenvalue weighted by Gasteiger charge is -2.33. The van der Waals surface area contributed by atoms with E-state index < -0.39 is 47.8 Å². The molecule has 3 N–H and O–H groups in total. The van der Waals surface area contributed by atoms with E-state index in [2.05, 4.69) is 25.6 Å². The molecule has 0 saturated carbocycles. The van der Waals surface area contributed by atoms with Gasteiger partial charge in [0, 0.05) is 26.0 Å². The maximum Gasteiger partial charge on any atom is 0.460 e. The molecule has 3 aromatic rings. The lowest BCUT2D eigenvalue weighted by Crippen LogP contribution is -2.63. The zero-order chi connectivity index (χ0) is 33.3. The number of halogens is 11. The van der Waals surface area contributed by atoms with E-state index >= 15 is 0 Å². The average molecular weight is 684 g/mol. The number of carbonyl (C=O) groups is 2. The first-order valence-electron chi connectivity index (χ1n) is 12.0. The molecule has 0 aliphatic rings. The van der Waals surface area contributed by atoms with Gasteiger partial charge in [-0.15, -0.1) is 0 Å². The Labute approximate surface area is 251 Å². The van der Waals surface area contributed by atoms with E-state index in [0.29, 0.717) is 0 Å². The number of aryl methyl sites for hydroxylation is 1. The second kappa shape index (κ2) is 12.8. The number of nitrogens with zero attached hydrogens (tertiary/aromatic N) is 4. The summed E-state index contributed by atoms with van der Waals surface area (Å²) in [6, 6.07) is 0.914. The Morgan fingerprint density at radius 3 is 2.16 bits per heavy atom. The third kappa shape index (κ3) is 7.04. The number of anilines is 2. The number of fused-ring (bicyclic) bond motifs is 1. The van der Waals surface area contributed by atoms with Gasteiger partial charge in [-0.25, -0.2) is 4.98 Å². The Hall–Kier alpha value is -3.58. The number of Topliss-reactive ketones (excluding diaryl/α,β-unsaturated/α-hetero) is 1. The highest BCUT2D eigenvalue weighted by Gasteiger charge is 2.81. The number of ether oxygens (including phenoxy) is 1. The fourth-order valence-corrected chi connectivity index (χ4v) is 3.87. The van der Waals surface area contributed by atoms with E-state index in [4.69, 9.17) is 27.9 Å². The SMILES string of the molecule is CC(=O)CNCCOc1nc2c(cc1C(=O)NCC(F)(F)C(F)(F)C(F)(F)C(F)(F)F)nc(Nc1c(Cl)cncc1Cl)n2C. The van der Waals surface area contributed by atoms with Gasteiger partial charge < -0.3 is 20.7 Å². The third-order valence-electron chi connectivity index (χ3n) is 5.72. The quantitative estimate of drug-likeness (QED) is 0.167. The Morgan fingerprint density at radius 1 is 0.977 bits per heavy atom. The number of hydrogen-bond donors (Lipinski definition) is 3. The number of rotatable bonds is 13. The standard InChI is InChI=1S/C23H20Cl2F9N7O3/c1-10(42)6-35-3-4-44-18-11(17(43)37-9-20(26,27)21(28,29)22(30,31)23(32,33)34)5-14-16(40-18)41(2)19(38-14)39-15-12(24)7-36-8-13(15)25/h5,7-8,35H,3-4,6,9H2,1-2H3,(H,37,43)(H,36,38,39). The van der Waals surface area contributed by atoms with Crippen molar-refractivity contribution in [3.8, 4) is 5.88 Å². The maximum atomic E-state index is 14.1. The van der Waals surface area contributed by atoms with Crippen LogP contribution in [0.1, 0.15) is 17.3 Å². The Bertz CT molecular complexity index is 1530. The molecule has 0 unspecified atom stereocenters. The summed E-state index contributed by atoms with van der Waals surface area (Å²) < 4.78 is 126. The van der Waals surface area contributed by atoms with Gasteiger partial charge in [0.15, 0.2) is 5.65 Å². The fraction of sp³-hybridized carbons (Fsp3) is 0.435. The minimum absolute atomic E-state index is 0.00118. The topological polar surface area (TPSA) is 123 Å². The van der Waals surface area contributed by atoms with Gasteiger partial charge in [-0.1, -0.05) is 23.2 Å². The highest BCUT2D eigenvalue weighted by atomic mass is 35.5. The molecule has 0 bridgehead atoms. The molecule has 3 rings (SSSR count). The number of aromatic nitrogens is 4. The number of alkyl halides is 9. The molecule has 0 spiro atoms. The number of hydrogen-bond acceptors (Lipinski definition) is 8. The lowest BCUT2D eigenvalue weighted by molar-refractivity contribution is -0.394. The fourth-order valence-electron chi connectivity index (χ4n) is 3.41. The van der Waals surface area contributed by atoms with Crippen molar-refractivity contribution in [2.24, 2.45) is 7.05 Å². The van der Waals surface area contributed by atoms with E-state index in [-0.39, 0.29) is 58.3 Å². The highest BCUT2D eigenvalue weighted by Crippen LogP contribution is 2.52. The van der Waals surface area contributed by atoms with Gasteiger partial charge in [-0.05, 0) is 13.0 Å². The molecule has 0 saturated heterocycles. The summed E-state index contributed by atoms with van der Waals surface area (Å²) in [5.41, 5.74) is -0.690. The average Bonchev–Trinajstić information content (AvgIpc) is 3.21. The predicted molar refractivity (Wildman–Crippen MR) is 138 cm³/mol. The van der Waals surface area contributed by atoms with Crippen LogP contribution >= 0.6 is 23.2 Å². The maximum absolute atomic E-state index is 14.1. The summed E-state index contributed by atoms with van der Waals surface area (Å²) in [6.45, 7) is -1.70. The predicted octanol–water partition coefficient (Wildman–Crippen LogP) is 5.17. The van der Waals surface area contributed by atoms with Crippen molar-refractivity contribution in [2.45, 2.75) is 30.9 Å². The summed E-state index contributed by atoms with van der Waals surface area (Å²) in [5.74, 6) is -22.6. The van der Waals surface area contributed by atoms with Gasteiger partial charge in [0.05, 0.1) is 28.8 Å². The van der Waals surface area contributed by atoms with Crippen molar-refractivity contribution in [3.05, 3.63) is 34.1 Å². The summed E-state index contributed by atoms with van der Waals surface area (Å²) in [5, 5.41) is 6.86. The molecule has 3 aromatic heterocycles. The number of ketones is 1. The van der Waals surface area contributed by atoms with Crippen molar-refractivity contribution >= 4 is 57.7 Å². The van der Waals surface area contributed by atoms with Crippen LogP contribution in [0.4, 0.5) is 51.1 Å². The molecular formula is C23H20Cl2F9N7O3. The van der Waals surface area contributed by atoms with Crippen LogP contribution in [0.2, 0.25) is 10.0 Å².